The van der Waals surface area contributed by atoms with Crippen molar-refractivity contribution in [2.24, 2.45) is 0 Å². The minimum Gasteiger partial charge on any atom is -0.319 e. The number of aryl methyl sites for hydroxylation is 3. The molecule has 1 fully saturated rings. The standard InChI is InChI=1S/C20H20N2O3S/c1-12-5-6-14(13(2)10-12)16(23)11-22-18(24)20(21-19(22)25)8-3-4-17-15(20)7-9-26-17/h5-7,9-10H,3-4,8,11H2,1-2H3,(H,21,25)/t20-/m1/s1. The molecule has 0 saturated carbocycles. The van der Waals surface area contributed by atoms with Crippen LogP contribution in [0.5, 0.6) is 0 Å². The van der Waals surface area contributed by atoms with Crippen molar-refractivity contribution in [3.05, 3.63) is 56.8 Å². The first kappa shape index (κ1) is 17.0. The number of rotatable bonds is 3. The summed E-state index contributed by atoms with van der Waals surface area (Å²) in [6, 6.07) is 7.00. The van der Waals surface area contributed by atoms with Crippen molar-refractivity contribution in [2.45, 2.75) is 38.6 Å². The zero-order valence-electron chi connectivity index (χ0n) is 14.8. The average Bonchev–Trinajstić information content (AvgIpc) is 3.16. The molecule has 1 N–H and O–H groups in total. The lowest BCUT2D eigenvalue weighted by Gasteiger charge is -2.31. The lowest BCUT2D eigenvalue weighted by atomic mass is 9.80. The van der Waals surface area contributed by atoms with E-state index in [2.05, 4.69) is 5.32 Å². The number of nitrogens with zero attached hydrogens (tertiary/aromatic N) is 1. The molecule has 2 aromatic rings. The smallest absolute Gasteiger partial charge is 0.319 e. The summed E-state index contributed by atoms with van der Waals surface area (Å²) in [5.74, 6) is -0.524. The van der Waals surface area contributed by atoms with Gasteiger partial charge in [-0.2, -0.15) is 0 Å². The second kappa shape index (κ2) is 6.06. The molecule has 1 spiro atoms. The molecule has 5 nitrogen and oxygen atoms in total. The second-order valence-corrected chi connectivity index (χ2v) is 8.08. The zero-order chi connectivity index (χ0) is 18.5. The van der Waals surface area contributed by atoms with E-state index in [1.807, 2.05) is 37.4 Å². The number of hydrogen-bond acceptors (Lipinski definition) is 4. The molecule has 1 aromatic carbocycles. The van der Waals surface area contributed by atoms with Crippen LogP contribution >= 0.6 is 11.3 Å². The van der Waals surface area contributed by atoms with Gasteiger partial charge in [0.2, 0.25) is 0 Å². The molecular weight excluding hydrogens is 348 g/mol. The number of nitrogens with one attached hydrogen (secondary N) is 1. The van der Waals surface area contributed by atoms with Crippen LogP contribution in [0.2, 0.25) is 0 Å². The quantitative estimate of drug-likeness (QED) is 0.667. The first-order valence-corrected chi connectivity index (χ1v) is 9.62. The van der Waals surface area contributed by atoms with E-state index in [0.29, 0.717) is 12.0 Å². The van der Waals surface area contributed by atoms with Gasteiger partial charge in [0.15, 0.2) is 5.78 Å². The van der Waals surface area contributed by atoms with Gasteiger partial charge in [0.1, 0.15) is 5.54 Å². The number of benzene rings is 1. The average molecular weight is 368 g/mol. The molecule has 134 valence electrons. The van der Waals surface area contributed by atoms with Crippen LogP contribution < -0.4 is 5.32 Å². The lowest BCUT2D eigenvalue weighted by Crippen LogP contribution is -2.46. The molecule has 26 heavy (non-hydrogen) atoms. The molecule has 1 atom stereocenters. The van der Waals surface area contributed by atoms with Gasteiger partial charge in [-0.25, -0.2) is 4.79 Å². The Kier molecular flexibility index (Phi) is 3.95. The van der Waals surface area contributed by atoms with Crippen molar-refractivity contribution in [3.63, 3.8) is 0 Å². The third-order valence-corrected chi connectivity index (χ3v) is 6.30. The third-order valence-electron chi connectivity index (χ3n) is 5.32. The lowest BCUT2D eigenvalue weighted by molar-refractivity contribution is -0.131. The molecule has 1 aliphatic heterocycles. The van der Waals surface area contributed by atoms with Gasteiger partial charge in [-0.05, 0) is 50.1 Å². The number of thiophene rings is 1. The Hall–Kier alpha value is -2.47. The number of Topliss-reactive ketones (excluding diaryl/α,β-unsaturated/α-hetero) is 1. The van der Waals surface area contributed by atoms with Crippen LogP contribution in [0.1, 0.15) is 44.8 Å². The van der Waals surface area contributed by atoms with Crippen LogP contribution in [0, 0.1) is 13.8 Å². The first-order valence-electron chi connectivity index (χ1n) is 8.74. The Morgan fingerprint density at radius 1 is 1.27 bits per heavy atom. The van der Waals surface area contributed by atoms with E-state index in [0.717, 1.165) is 39.3 Å². The molecule has 2 aliphatic rings. The molecular formula is C20H20N2O3S. The SMILES string of the molecule is Cc1ccc(C(=O)CN2C(=O)N[C@@]3(CCCc4sccc43)C2=O)c(C)c1. The molecule has 0 bridgehead atoms. The predicted molar refractivity (Wildman–Crippen MR) is 99.4 cm³/mol. The van der Waals surface area contributed by atoms with Crippen LogP contribution in [-0.4, -0.2) is 29.2 Å². The summed E-state index contributed by atoms with van der Waals surface area (Å²) in [7, 11) is 0. The molecule has 0 radical (unpaired) electrons. The Labute approximate surface area is 156 Å². The fourth-order valence-electron chi connectivity index (χ4n) is 4.04. The third kappa shape index (κ3) is 2.48. The van der Waals surface area contributed by atoms with Crippen LogP contribution in [-0.2, 0) is 16.8 Å². The minimum absolute atomic E-state index is 0.218. The topological polar surface area (TPSA) is 66.5 Å². The van der Waals surface area contributed by atoms with Crippen LogP contribution in [0.15, 0.2) is 29.6 Å². The fourth-order valence-corrected chi connectivity index (χ4v) is 5.04. The number of hydrogen-bond donors (Lipinski definition) is 1. The van der Waals surface area contributed by atoms with Gasteiger partial charge in [-0.1, -0.05) is 23.8 Å². The minimum atomic E-state index is -0.993. The van der Waals surface area contributed by atoms with Gasteiger partial charge in [-0.3, -0.25) is 14.5 Å². The molecule has 4 rings (SSSR count). The van der Waals surface area contributed by atoms with E-state index in [4.69, 9.17) is 0 Å². The summed E-state index contributed by atoms with van der Waals surface area (Å²) in [6.45, 7) is 3.60. The molecule has 1 saturated heterocycles. The van der Waals surface area contributed by atoms with E-state index in [9.17, 15) is 14.4 Å². The van der Waals surface area contributed by atoms with E-state index in [-0.39, 0.29) is 18.2 Å². The number of amides is 3. The van der Waals surface area contributed by atoms with Gasteiger partial charge in [0.25, 0.3) is 5.91 Å². The van der Waals surface area contributed by atoms with Crippen molar-refractivity contribution in [3.8, 4) is 0 Å². The molecule has 2 heterocycles. The predicted octanol–water partition coefficient (Wildman–Crippen LogP) is 3.33. The largest absolute Gasteiger partial charge is 0.325 e. The highest BCUT2D eigenvalue weighted by Crippen LogP contribution is 2.42. The summed E-state index contributed by atoms with van der Waals surface area (Å²) >= 11 is 1.62. The maximum atomic E-state index is 13.2. The van der Waals surface area contributed by atoms with Gasteiger partial charge < -0.3 is 5.32 Å². The van der Waals surface area contributed by atoms with Gasteiger partial charge in [0.05, 0.1) is 6.54 Å². The Morgan fingerprint density at radius 3 is 2.85 bits per heavy atom. The summed E-state index contributed by atoms with van der Waals surface area (Å²) < 4.78 is 0. The number of ketones is 1. The summed E-state index contributed by atoms with van der Waals surface area (Å²) in [6.07, 6.45) is 2.35. The highest BCUT2D eigenvalue weighted by molar-refractivity contribution is 7.10. The molecule has 1 aliphatic carbocycles. The van der Waals surface area contributed by atoms with Crippen LogP contribution in [0.25, 0.3) is 0 Å². The van der Waals surface area contributed by atoms with Crippen LogP contribution in [0.3, 0.4) is 0 Å². The normalized spacial score (nSPS) is 21.8. The Morgan fingerprint density at radius 2 is 2.08 bits per heavy atom. The van der Waals surface area contributed by atoms with Crippen LogP contribution in [0.4, 0.5) is 4.79 Å². The molecule has 6 heteroatoms. The maximum absolute atomic E-state index is 13.2. The number of carbonyl (C=O) groups excluding carboxylic acids is 3. The van der Waals surface area contributed by atoms with E-state index < -0.39 is 11.6 Å². The molecule has 3 amide bonds. The Balaban J connectivity index is 1.62. The molecule has 0 unspecified atom stereocenters. The highest BCUT2D eigenvalue weighted by Gasteiger charge is 2.54. The number of imide groups is 1. The van der Waals surface area contributed by atoms with Gasteiger partial charge >= 0.3 is 6.03 Å². The van der Waals surface area contributed by atoms with Crippen molar-refractivity contribution in [1.29, 1.82) is 0 Å². The Bertz CT molecular complexity index is 933. The molecule has 1 aromatic heterocycles. The summed E-state index contributed by atoms with van der Waals surface area (Å²) in [4.78, 5) is 40.6. The summed E-state index contributed by atoms with van der Waals surface area (Å²) in [5.41, 5.74) is 2.38. The van der Waals surface area contributed by atoms with Crippen molar-refractivity contribution in [1.82, 2.24) is 10.2 Å². The van der Waals surface area contributed by atoms with Crippen molar-refractivity contribution < 1.29 is 14.4 Å². The van der Waals surface area contributed by atoms with E-state index in [1.54, 1.807) is 17.4 Å². The monoisotopic (exact) mass is 368 g/mol. The van der Waals surface area contributed by atoms with Gasteiger partial charge in [-0.15, -0.1) is 11.3 Å². The number of fused-ring (bicyclic) bond motifs is 2. The maximum Gasteiger partial charge on any atom is 0.325 e. The van der Waals surface area contributed by atoms with Crippen molar-refractivity contribution >= 4 is 29.1 Å². The highest BCUT2D eigenvalue weighted by atomic mass is 32.1. The second-order valence-electron chi connectivity index (χ2n) is 7.08. The van der Waals surface area contributed by atoms with E-state index >= 15 is 0 Å². The van der Waals surface area contributed by atoms with Gasteiger partial charge in [0, 0.05) is 16.0 Å². The van der Waals surface area contributed by atoms with E-state index in [1.165, 1.54) is 0 Å². The number of carbonyl (C=O) groups is 3. The fraction of sp³-hybridized carbons (Fsp3) is 0.350. The number of urea groups is 1. The van der Waals surface area contributed by atoms with Crippen molar-refractivity contribution in [2.75, 3.05) is 6.54 Å². The zero-order valence-corrected chi connectivity index (χ0v) is 15.6. The summed E-state index contributed by atoms with van der Waals surface area (Å²) in [5, 5.41) is 4.84. The first-order chi connectivity index (χ1) is 12.4.